The molecule has 9 heteroatoms. The lowest BCUT2D eigenvalue weighted by atomic mass is 9.95. The Labute approximate surface area is 208 Å². The van der Waals surface area contributed by atoms with Crippen molar-refractivity contribution in [1.82, 2.24) is 10.4 Å². The molecule has 0 bridgehead atoms. The summed E-state index contributed by atoms with van der Waals surface area (Å²) in [6, 6.07) is 21.3. The number of fused-ring (bicyclic) bond motifs is 1. The predicted molar refractivity (Wildman–Crippen MR) is 131 cm³/mol. The molecule has 0 radical (unpaired) electrons. The van der Waals surface area contributed by atoms with Gasteiger partial charge < -0.3 is 4.74 Å². The molecule has 1 saturated heterocycles. The van der Waals surface area contributed by atoms with Crippen LogP contribution in [0, 0.1) is 0 Å². The number of halogens is 3. The molecule has 33 heavy (non-hydrogen) atoms. The monoisotopic (exact) mass is 516 g/mol. The average Bonchev–Trinajstić information content (AvgIpc) is 3.15. The molecule has 2 heterocycles. The number of carbonyl (C=O) groups is 2. The normalized spacial score (nSPS) is 17.7. The number of benzene rings is 3. The van der Waals surface area contributed by atoms with Crippen molar-refractivity contribution in [2.45, 2.75) is 11.4 Å². The number of amides is 2. The van der Waals surface area contributed by atoms with Gasteiger partial charge in [-0.15, -0.1) is 22.9 Å². The second-order valence-electron chi connectivity index (χ2n) is 7.37. The molecular weight excluding hydrogens is 503 g/mol. The van der Waals surface area contributed by atoms with E-state index in [0.29, 0.717) is 31.8 Å². The van der Waals surface area contributed by atoms with Crippen LogP contribution in [0.15, 0.2) is 72.8 Å². The van der Waals surface area contributed by atoms with E-state index in [-0.39, 0.29) is 0 Å². The van der Waals surface area contributed by atoms with Gasteiger partial charge in [0.25, 0.3) is 11.8 Å². The van der Waals surface area contributed by atoms with Gasteiger partial charge in [-0.05, 0) is 48.0 Å². The van der Waals surface area contributed by atoms with Crippen LogP contribution in [0.25, 0.3) is 10.1 Å². The first-order chi connectivity index (χ1) is 15.9. The number of ether oxygens (including phenoxy) is 1. The highest BCUT2D eigenvalue weighted by molar-refractivity contribution is 7.21. The van der Waals surface area contributed by atoms with Crippen LogP contribution in [0.2, 0.25) is 10.0 Å². The highest BCUT2D eigenvalue weighted by atomic mass is 35.5. The molecule has 1 aliphatic rings. The third kappa shape index (κ3) is 4.15. The summed E-state index contributed by atoms with van der Waals surface area (Å²) in [6.45, 7) is 0. The molecule has 166 valence electrons. The van der Waals surface area contributed by atoms with Crippen LogP contribution in [0.1, 0.15) is 21.3 Å². The first-order valence-corrected chi connectivity index (χ1v) is 11.9. The van der Waals surface area contributed by atoms with Crippen molar-refractivity contribution in [2.75, 3.05) is 0 Å². The topological polar surface area (TPSA) is 58.6 Å². The second-order valence-corrected chi connectivity index (χ2v) is 9.71. The molecule has 0 aliphatic carbocycles. The first-order valence-electron chi connectivity index (χ1n) is 9.91. The molecule has 0 saturated carbocycles. The van der Waals surface area contributed by atoms with Crippen LogP contribution >= 0.6 is 46.1 Å². The van der Waals surface area contributed by atoms with Gasteiger partial charge in [-0.3, -0.25) is 15.0 Å². The van der Waals surface area contributed by atoms with Crippen LogP contribution in [-0.4, -0.2) is 22.2 Å². The zero-order chi connectivity index (χ0) is 23.1. The Bertz CT molecular complexity index is 1380. The summed E-state index contributed by atoms with van der Waals surface area (Å²) >= 11 is 20.0. The fourth-order valence-electron chi connectivity index (χ4n) is 3.63. The number of nitrogens with zero attached hydrogens (tertiary/aromatic N) is 1. The molecule has 1 aromatic heterocycles. The predicted octanol–water partition coefficient (Wildman–Crippen LogP) is 6.84. The third-order valence-electron chi connectivity index (χ3n) is 5.22. The van der Waals surface area contributed by atoms with Crippen molar-refractivity contribution in [3.8, 4) is 11.5 Å². The first kappa shape index (κ1) is 22.0. The van der Waals surface area contributed by atoms with E-state index in [0.717, 1.165) is 10.3 Å². The van der Waals surface area contributed by atoms with Crippen LogP contribution < -0.4 is 10.2 Å². The van der Waals surface area contributed by atoms with Gasteiger partial charge in [0.2, 0.25) is 0 Å². The van der Waals surface area contributed by atoms with E-state index in [1.54, 1.807) is 24.3 Å². The van der Waals surface area contributed by atoms with Gasteiger partial charge in [-0.2, -0.15) is 0 Å². The van der Waals surface area contributed by atoms with Crippen molar-refractivity contribution in [2.24, 2.45) is 0 Å². The number of rotatable bonds is 5. The highest BCUT2D eigenvalue weighted by Gasteiger charge is 2.48. The molecule has 5 nitrogen and oxygen atoms in total. The Morgan fingerprint density at radius 3 is 2.52 bits per heavy atom. The Balaban J connectivity index is 1.38. The van der Waals surface area contributed by atoms with Crippen LogP contribution in [-0.2, 0) is 4.79 Å². The van der Waals surface area contributed by atoms with E-state index in [1.807, 2.05) is 48.5 Å². The van der Waals surface area contributed by atoms with Gasteiger partial charge in [-0.1, -0.05) is 53.5 Å². The second kappa shape index (κ2) is 8.88. The van der Waals surface area contributed by atoms with Crippen molar-refractivity contribution < 1.29 is 14.3 Å². The number of thiophene rings is 1. The summed E-state index contributed by atoms with van der Waals surface area (Å²) in [4.78, 5) is 25.8. The maximum Gasteiger partial charge on any atom is 0.281 e. The molecule has 0 spiro atoms. The maximum atomic E-state index is 13.0. The zero-order valence-electron chi connectivity index (χ0n) is 16.8. The zero-order valence-corrected chi connectivity index (χ0v) is 19.9. The van der Waals surface area contributed by atoms with Crippen molar-refractivity contribution >= 4 is 68.0 Å². The van der Waals surface area contributed by atoms with Crippen LogP contribution in [0.5, 0.6) is 11.5 Å². The number of hydrogen-bond donors (Lipinski definition) is 1. The molecule has 2 atom stereocenters. The van der Waals surface area contributed by atoms with Crippen LogP contribution in [0.3, 0.4) is 0 Å². The van der Waals surface area contributed by atoms with E-state index in [9.17, 15) is 9.59 Å². The quantitative estimate of drug-likeness (QED) is 0.233. The van der Waals surface area contributed by atoms with E-state index in [4.69, 9.17) is 39.5 Å². The molecule has 2 amide bonds. The summed E-state index contributed by atoms with van der Waals surface area (Å²) in [5.41, 5.74) is 3.39. The minimum absolute atomic E-state index is 0.291. The van der Waals surface area contributed by atoms with Crippen molar-refractivity contribution in [3.05, 3.63) is 93.3 Å². The Morgan fingerprint density at radius 2 is 1.73 bits per heavy atom. The standard InChI is InChI=1S/C24H15Cl3N2O3S/c25-14-9-10-18-17(12-14)19(26)22(33-18)23(30)28-29-21(20(27)24(29)31)13-5-4-8-16(11-13)32-15-6-2-1-3-7-15/h1-12,20-21H,(H,28,30). The lowest BCUT2D eigenvalue weighted by molar-refractivity contribution is -0.149. The van der Waals surface area contributed by atoms with E-state index in [2.05, 4.69) is 5.43 Å². The molecule has 1 N–H and O–H groups in total. The largest absolute Gasteiger partial charge is 0.457 e. The van der Waals surface area contributed by atoms with E-state index < -0.39 is 23.2 Å². The van der Waals surface area contributed by atoms with Crippen LogP contribution in [0.4, 0.5) is 0 Å². The molecule has 5 rings (SSSR count). The van der Waals surface area contributed by atoms with Gasteiger partial charge >= 0.3 is 0 Å². The molecule has 4 aromatic rings. The number of β-lactam (4-membered cyclic amide) rings is 1. The number of carbonyl (C=O) groups excluding carboxylic acids is 2. The SMILES string of the molecule is O=C(NN1C(=O)C(Cl)C1c1cccc(Oc2ccccc2)c1)c1sc2ccc(Cl)cc2c1Cl. The molecule has 1 fully saturated rings. The van der Waals surface area contributed by atoms with E-state index >= 15 is 0 Å². The van der Waals surface area contributed by atoms with Gasteiger partial charge in [0.1, 0.15) is 27.8 Å². The highest BCUT2D eigenvalue weighted by Crippen LogP contribution is 2.40. The minimum Gasteiger partial charge on any atom is -0.457 e. The van der Waals surface area contributed by atoms with Crippen molar-refractivity contribution in [1.29, 1.82) is 0 Å². The molecule has 3 aromatic carbocycles. The number of alkyl halides is 1. The number of para-hydroxylation sites is 1. The number of nitrogens with one attached hydrogen (secondary N) is 1. The van der Waals surface area contributed by atoms with E-state index in [1.165, 1.54) is 16.3 Å². The van der Waals surface area contributed by atoms with Gasteiger partial charge in [0, 0.05) is 15.1 Å². The summed E-state index contributed by atoms with van der Waals surface area (Å²) in [6.07, 6.45) is 0. The van der Waals surface area contributed by atoms with Gasteiger partial charge in [-0.25, -0.2) is 5.01 Å². The summed E-state index contributed by atoms with van der Waals surface area (Å²) < 4.78 is 6.71. The smallest absolute Gasteiger partial charge is 0.281 e. The molecule has 2 unspecified atom stereocenters. The minimum atomic E-state index is -0.811. The third-order valence-corrected chi connectivity index (χ3v) is 7.56. The Kier molecular flexibility index (Phi) is 5.93. The lowest BCUT2D eigenvalue weighted by Crippen LogP contribution is -2.63. The number of hydrogen-bond acceptors (Lipinski definition) is 4. The molecule has 1 aliphatic heterocycles. The lowest BCUT2D eigenvalue weighted by Gasteiger charge is -2.43. The fraction of sp³-hybridized carbons (Fsp3) is 0.0833. The summed E-state index contributed by atoms with van der Waals surface area (Å²) in [5, 5.41) is 1.92. The maximum absolute atomic E-state index is 13.0. The Hall–Kier alpha value is -2.77. The fourth-order valence-corrected chi connectivity index (χ4v) is 5.54. The van der Waals surface area contributed by atoms with Gasteiger partial charge in [0.05, 0.1) is 5.02 Å². The number of hydrazine groups is 1. The van der Waals surface area contributed by atoms with Crippen molar-refractivity contribution in [3.63, 3.8) is 0 Å². The molecular formula is C24H15Cl3N2O3S. The summed E-state index contributed by atoms with van der Waals surface area (Å²) in [7, 11) is 0. The van der Waals surface area contributed by atoms with Gasteiger partial charge in [0.15, 0.2) is 0 Å². The average molecular weight is 518 g/mol. The summed E-state index contributed by atoms with van der Waals surface area (Å²) in [5.74, 6) is 0.393. The Morgan fingerprint density at radius 1 is 0.970 bits per heavy atom.